The van der Waals surface area contributed by atoms with Crippen molar-refractivity contribution >= 4 is 51.6 Å². The lowest BCUT2D eigenvalue weighted by Gasteiger charge is -2.27. The highest BCUT2D eigenvalue weighted by Crippen LogP contribution is 2.35. The van der Waals surface area contributed by atoms with Crippen LogP contribution in [0.3, 0.4) is 0 Å². The highest BCUT2D eigenvalue weighted by Gasteiger charge is 2.37. The van der Waals surface area contributed by atoms with Crippen LogP contribution in [0.15, 0.2) is 65.6 Å². The van der Waals surface area contributed by atoms with Crippen molar-refractivity contribution in [2.24, 2.45) is 0 Å². The van der Waals surface area contributed by atoms with Gasteiger partial charge in [0, 0.05) is 13.1 Å². The number of benzene rings is 3. The minimum Gasteiger partial charge on any atom is -0.493 e. The van der Waals surface area contributed by atoms with Crippen molar-refractivity contribution in [2.45, 2.75) is 19.3 Å². The molecule has 0 bridgehead atoms. The van der Waals surface area contributed by atoms with Gasteiger partial charge in [0.25, 0.3) is 11.1 Å². The average Bonchev–Trinajstić information content (AvgIpc) is 3.20. The number of nitrogens with zero attached hydrogens (tertiary/aromatic N) is 2. The molecule has 5 rings (SSSR count). The van der Waals surface area contributed by atoms with E-state index in [9.17, 15) is 19.2 Å². The van der Waals surface area contributed by atoms with Gasteiger partial charge in [0.05, 0.1) is 17.6 Å². The van der Waals surface area contributed by atoms with E-state index < -0.39 is 17.1 Å². The summed E-state index contributed by atoms with van der Waals surface area (Å²) in [6, 6.07) is 17.8. The van der Waals surface area contributed by atoms with Crippen LogP contribution in [0.5, 0.6) is 11.5 Å². The van der Waals surface area contributed by atoms with Crippen molar-refractivity contribution < 1.29 is 28.7 Å². The predicted octanol–water partition coefficient (Wildman–Crippen LogP) is 5.12. The molecule has 3 amide bonds. The van der Waals surface area contributed by atoms with Gasteiger partial charge in [0.1, 0.15) is 6.54 Å². The Kier molecular flexibility index (Phi) is 7.46. The Morgan fingerprint density at radius 2 is 1.71 bits per heavy atom. The standard InChI is InChI=1S/C29H26N2O6S/c1-36-23-13-12-19(16-24(23)37-28(34)22-11-7-9-20-8-3-4-10-21(20)22)17-25-27(33)31(29(35)38-25)18-26(32)30-14-5-2-6-15-30/h3-4,7-13,16-17H,2,5-6,14-15,18H2,1H3/b25-17-. The van der Waals surface area contributed by atoms with Gasteiger partial charge in [-0.05, 0) is 71.6 Å². The van der Waals surface area contributed by atoms with E-state index in [1.54, 1.807) is 41.3 Å². The normalized spacial score (nSPS) is 16.8. The van der Waals surface area contributed by atoms with Gasteiger partial charge in [-0.25, -0.2) is 4.79 Å². The smallest absolute Gasteiger partial charge is 0.344 e. The number of likely N-dealkylation sites (tertiary alicyclic amines) is 1. The number of imide groups is 1. The average molecular weight is 531 g/mol. The van der Waals surface area contributed by atoms with Crippen LogP contribution >= 0.6 is 11.8 Å². The topological polar surface area (TPSA) is 93.2 Å². The van der Waals surface area contributed by atoms with Crippen LogP contribution < -0.4 is 9.47 Å². The molecule has 0 N–H and O–H groups in total. The number of ether oxygens (including phenoxy) is 2. The molecule has 194 valence electrons. The number of carbonyl (C=O) groups is 4. The summed E-state index contributed by atoms with van der Waals surface area (Å²) in [6.45, 7) is 1.03. The van der Waals surface area contributed by atoms with E-state index in [1.165, 1.54) is 7.11 Å². The molecular formula is C29H26N2O6S. The van der Waals surface area contributed by atoms with E-state index in [2.05, 4.69) is 0 Å². The van der Waals surface area contributed by atoms with E-state index >= 15 is 0 Å². The molecule has 0 radical (unpaired) electrons. The zero-order chi connectivity index (χ0) is 26.6. The van der Waals surface area contributed by atoms with Crippen molar-refractivity contribution in [3.8, 4) is 11.5 Å². The monoisotopic (exact) mass is 530 g/mol. The summed E-state index contributed by atoms with van der Waals surface area (Å²) < 4.78 is 11.1. The number of esters is 1. The predicted molar refractivity (Wildman–Crippen MR) is 145 cm³/mol. The number of carbonyl (C=O) groups excluding carboxylic acids is 4. The number of methoxy groups -OCH3 is 1. The summed E-state index contributed by atoms with van der Waals surface area (Å²) >= 11 is 0.782. The lowest BCUT2D eigenvalue weighted by Crippen LogP contribution is -2.44. The second-order valence-electron chi connectivity index (χ2n) is 9.04. The Balaban J connectivity index is 1.35. The van der Waals surface area contributed by atoms with Gasteiger partial charge in [-0.15, -0.1) is 0 Å². The number of hydrogen-bond acceptors (Lipinski definition) is 7. The Hall–Kier alpha value is -4.11. The first kappa shape index (κ1) is 25.5. The van der Waals surface area contributed by atoms with Crippen LogP contribution in [0, 0.1) is 0 Å². The first-order valence-electron chi connectivity index (χ1n) is 12.4. The van der Waals surface area contributed by atoms with Crippen LogP contribution in [0.4, 0.5) is 4.79 Å². The molecule has 0 saturated carbocycles. The summed E-state index contributed by atoms with van der Waals surface area (Å²) in [6.07, 6.45) is 4.48. The molecule has 3 aromatic carbocycles. The van der Waals surface area contributed by atoms with Crippen molar-refractivity contribution in [2.75, 3.05) is 26.7 Å². The van der Waals surface area contributed by atoms with Gasteiger partial charge in [-0.3, -0.25) is 19.3 Å². The zero-order valence-electron chi connectivity index (χ0n) is 20.8. The molecule has 2 heterocycles. The summed E-state index contributed by atoms with van der Waals surface area (Å²) in [5, 5.41) is 1.20. The van der Waals surface area contributed by atoms with Gasteiger partial charge >= 0.3 is 5.97 Å². The molecule has 0 aromatic heterocycles. The molecule has 0 atom stereocenters. The zero-order valence-corrected chi connectivity index (χ0v) is 21.7. The van der Waals surface area contributed by atoms with Crippen molar-refractivity contribution in [3.63, 3.8) is 0 Å². The van der Waals surface area contributed by atoms with Gasteiger partial charge < -0.3 is 14.4 Å². The molecule has 2 fully saturated rings. The van der Waals surface area contributed by atoms with Gasteiger partial charge in [-0.2, -0.15) is 0 Å². The molecule has 2 aliphatic rings. The van der Waals surface area contributed by atoms with Crippen molar-refractivity contribution in [1.29, 1.82) is 0 Å². The number of piperidine rings is 1. The Morgan fingerprint density at radius 1 is 0.947 bits per heavy atom. The van der Waals surface area contributed by atoms with Gasteiger partial charge in [-0.1, -0.05) is 42.5 Å². The second-order valence-corrected chi connectivity index (χ2v) is 10.0. The minimum atomic E-state index is -0.547. The van der Waals surface area contributed by atoms with Crippen molar-refractivity contribution in [1.82, 2.24) is 9.80 Å². The maximum atomic E-state index is 13.1. The fourth-order valence-electron chi connectivity index (χ4n) is 4.59. The Morgan fingerprint density at radius 3 is 2.50 bits per heavy atom. The van der Waals surface area contributed by atoms with Crippen molar-refractivity contribution in [3.05, 3.63) is 76.7 Å². The molecular weight excluding hydrogens is 504 g/mol. The largest absolute Gasteiger partial charge is 0.493 e. The first-order valence-corrected chi connectivity index (χ1v) is 13.2. The van der Waals surface area contributed by atoms with Gasteiger partial charge in [0.2, 0.25) is 5.91 Å². The second kappa shape index (κ2) is 11.1. The highest BCUT2D eigenvalue weighted by atomic mass is 32.2. The molecule has 9 heteroatoms. The molecule has 0 unspecified atom stereocenters. The lowest BCUT2D eigenvalue weighted by atomic mass is 10.0. The number of amides is 3. The quantitative estimate of drug-likeness (QED) is 0.248. The summed E-state index contributed by atoms with van der Waals surface area (Å²) in [5.41, 5.74) is 0.953. The third kappa shape index (κ3) is 5.28. The molecule has 0 aliphatic carbocycles. The van der Waals surface area contributed by atoms with Crippen LogP contribution in [0.1, 0.15) is 35.2 Å². The molecule has 0 spiro atoms. The maximum absolute atomic E-state index is 13.1. The van der Waals surface area contributed by atoms with Crippen LogP contribution in [0.25, 0.3) is 16.8 Å². The first-order chi connectivity index (χ1) is 18.4. The molecule has 38 heavy (non-hydrogen) atoms. The van der Waals surface area contributed by atoms with Gasteiger partial charge in [0.15, 0.2) is 11.5 Å². The van der Waals surface area contributed by atoms with E-state index in [0.717, 1.165) is 46.7 Å². The third-order valence-electron chi connectivity index (χ3n) is 6.57. The Bertz CT molecular complexity index is 1460. The van der Waals surface area contributed by atoms with Crippen LogP contribution in [-0.4, -0.2) is 59.6 Å². The molecule has 8 nitrogen and oxygen atoms in total. The molecule has 2 saturated heterocycles. The lowest BCUT2D eigenvalue weighted by molar-refractivity contribution is -0.136. The number of hydrogen-bond donors (Lipinski definition) is 0. The summed E-state index contributed by atoms with van der Waals surface area (Å²) in [4.78, 5) is 54.1. The fourth-order valence-corrected chi connectivity index (χ4v) is 5.43. The van der Waals surface area contributed by atoms with Crippen LogP contribution in [0.2, 0.25) is 0 Å². The molecule has 3 aromatic rings. The van der Waals surface area contributed by atoms with E-state index in [0.29, 0.717) is 30.0 Å². The SMILES string of the molecule is COc1ccc(/C=C2\SC(=O)N(CC(=O)N3CCCCC3)C2=O)cc1OC(=O)c1cccc2ccccc12. The summed E-state index contributed by atoms with van der Waals surface area (Å²) in [5.74, 6) is -0.765. The third-order valence-corrected chi connectivity index (χ3v) is 7.48. The van der Waals surface area contributed by atoms with Crippen LogP contribution in [-0.2, 0) is 9.59 Å². The number of rotatable bonds is 6. The number of thioether (sulfide) groups is 1. The number of fused-ring (bicyclic) bond motifs is 1. The maximum Gasteiger partial charge on any atom is 0.344 e. The molecule has 2 aliphatic heterocycles. The van der Waals surface area contributed by atoms with E-state index in [-0.39, 0.29) is 23.1 Å². The highest BCUT2D eigenvalue weighted by molar-refractivity contribution is 8.18. The van der Waals surface area contributed by atoms with E-state index in [4.69, 9.17) is 9.47 Å². The van der Waals surface area contributed by atoms with E-state index in [1.807, 2.05) is 30.3 Å². The Labute approximate surface area is 224 Å². The fraction of sp³-hybridized carbons (Fsp3) is 0.241. The minimum absolute atomic E-state index is 0.179. The summed E-state index contributed by atoms with van der Waals surface area (Å²) in [7, 11) is 1.47.